The van der Waals surface area contributed by atoms with Crippen molar-refractivity contribution in [1.82, 2.24) is 19.5 Å². The molecule has 1 atom stereocenters. The van der Waals surface area contributed by atoms with Crippen molar-refractivity contribution in [3.8, 4) is 22.3 Å². The summed E-state index contributed by atoms with van der Waals surface area (Å²) in [5.74, 6) is 0. The van der Waals surface area contributed by atoms with Gasteiger partial charge in [-0.15, -0.1) is 0 Å². The standard InChI is InChI=1S/C25H27N4OS.C2H6/c1-31(30)23-7-5-6-21(14-23)24-16-27-29-18-22(15-26-25(24)29)20-10-8-19(9-11-20)17-28-12-3-2-4-13-28;1-2/h5-11,14-16,18,30H,2-4,12-13,17H2,1H3;1-2H3/q+1;. The Morgan fingerprint density at radius 2 is 1.67 bits per heavy atom. The first-order valence-corrected chi connectivity index (χ1v) is 13.4. The van der Waals surface area contributed by atoms with Crippen LogP contribution in [0.3, 0.4) is 0 Å². The average molecular weight is 462 g/mol. The van der Waals surface area contributed by atoms with Crippen molar-refractivity contribution in [3.63, 3.8) is 0 Å². The number of rotatable bonds is 5. The van der Waals surface area contributed by atoms with Gasteiger partial charge in [-0.05, 0) is 48.7 Å². The highest BCUT2D eigenvalue weighted by Gasteiger charge is 2.16. The lowest BCUT2D eigenvalue weighted by molar-refractivity contribution is 0.221. The van der Waals surface area contributed by atoms with Gasteiger partial charge >= 0.3 is 0 Å². The largest absolute Gasteiger partial charge is 0.299 e. The van der Waals surface area contributed by atoms with Crippen LogP contribution in [0.1, 0.15) is 38.7 Å². The van der Waals surface area contributed by atoms with E-state index in [9.17, 15) is 4.55 Å². The van der Waals surface area contributed by atoms with Gasteiger partial charge in [-0.3, -0.25) is 4.90 Å². The van der Waals surface area contributed by atoms with Crippen molar-refractivity contribution in [2.24, 2.45) is 0 Å². The molecule has 4 aromatic rings. The van der Waals surface area contributed by atoms with Gasteiger partial charge in [-0.2, -0.15) is 9.65 Å². The van der Waals surface area contributed by atoms with Crippen LogP contribution < -0.4 is 0 Å². The van der Waals surface area contributed by atoms with Crippen molar-refractivity contribution in [2.45, 2.75) is 44.6 Å². The van der Waals surface area contributed by atoms with Gasteiger partial charge in [0.15, 0.2) is 21.7 Å². The smallest absolute Gasteiger partial charge is 0.190 e. The third-order valence-electron chi connectivity index (χ3n) is 5.98. The van der Waals surface area contributed by atoms with Crippen LogP contribution in [0.4, 0.5) is 0 Å². The van der Waals surface area contributed by atoms with Gasteiger partial charge in [-0.25, -0.2) is 9.50 Å². The Labute approximate surface area is 199 Å². The molecule has 6 heteroatoms. The molecule has 1 unspecified atom stereocenters. The van der Waals surface area contributed by atoms with Gasteiger partial charge in [0.25, 0.3) is 0 Å². The number of hydrogen-bond donors (Lipinski definition) is 1. The van der Waals surface area contributed by atoms with E-state index in [1.165, 1.54) is 37.9 Å². The van der Waals surface area contributed by atoms with Gasteiger partial charge in [-0.1, -0.05) is 56.7 Å². The molecular formula is C27H33N4OS+. The highest BCUT2D eigenvalue weighted by Crippen LogP contribution is 2.27. The summed E-state index contributed by atoms with van der Waals surface area (Å²) in [4.78, 5) is 8.18. The maximum absolute atomic E-state index is 9.92. The van der Waals surface area contributed by atoms with Gasteiger partial charge in [0.1, 0.15) is 6.26 Å². The normalized spacial score (nSPS) is 15.2. The zero-order valence-electron chi connectivity index (χ0n) is 19.7. The van der Waals surface area contributed by atoms with Crippen molar-refractivity contribution >= 4 is 16.8 Å². The zero-order valence-corrected chi connectivity index (χ0v) is 20.6. The van der Waals surface area contributed by atoms with Crippen molar-refractivity contribution < 1.29 is 4.55 Å². The molecule has 1 saturated heterocycles. The minimum atomic E-state index is -0.769. The minimum absolute atomic E-state index is 0.769. The second kappa shape index (κ2) is 11.0. The maximum atomic E-state index is 9.92. The summed E-state index contributed by atoms with van der Waals surface area (Å²) >= 11 is -0.769. The SMILES string of the molecule is CC.C[S+](O)c1cccc(-c2cnn3cc(-c4ccc(CN5CCCCC5)cc4)cnc23)c1. The average Bonchev–Trinajstić information content (AvgIpc) is 3.30. The molecule has 0 aliphatic carbocycles. The lowest BCUT2D eigenvalue weighted by Crippen LogP contribution is -2.28. The summed E-state index contributed by atoms with van der Waals surface area (Å²) in [6.07, 6.45) is 11.6. The monoisotopic (exact) mass is 461 g/mol. The first kappa shape index (κ1) is 23.5. The van der Waals surface area contributed by atoms with Crippen LogP contribution in [0.5, 0.6) is 0 Å². The highest BCUT2D eigenvalue weighted by atomic mass is 32.2. The molecule has 0 spiro atoms. The number of nitrogens with zero attached hydrogens (tertiary/aromatic N) is 4. The van der Waals surface area contributed by atoms with Gasteiger partial charge < -0.3 is 0 Å². The van der Waals surface area contributed by atoms with E-state index < -0.39 is 11.2 Å². The second-order valence-corrected chi connectivity index (χ2v) is 9.64. The number of likely N-dealkylation sites (tertiary alicyclic amines) is 1. The van der Waals surface area contributed by atoms with Gasteiger partial charge in [0.05, 0.1) is 6.20 Å². The fourth-order valence-corrected chi connectivity index (χ4v) is 4.83. The second-order valence-electron chi connectivity index (χ2n) is 8.21. The first-order chi connectivity index (χ1) is 16.2. The van der Waals surface area contributed by atoms with E-state index in [1.807, 2.05) is 61.2 Å². The Morgan fingerprint density at radius 1 is 0.909 bits per heavy atom. The van der Waals surface area contributed by atoms with E-state index in [0.29, 0.717) is 0 Å². The summed E-state index contributed by atoms with van der Waals surface area (Å²) in [6, 6.07) is 16.8. The van der Waals surface area contributed by atoms with Crippen LogP contribution >= 0.6 is 0 Å². The molecule has 1 aliphatic heterocycles. The molecule has 1 aliphatic rings. The summed E-state index contributed by atoms with van der Waals surface area (Å²) in [5.41, 5.74) is 6.35. The quantitative estimate of drug-likeness (QED) is 0.362. The van der Waals surface area contributed by atoms with E-state index in [4.69, 9.17) is 4.98 Å². The van der Waals surface area contributed by atoms with Crippen LogP contribution in [-0.2, 0) is 17.7 Å². The number of benzene rings is 2. The number of fused-ring (bicyclic) bond motifs is 1. The Morgan fingerprint density at radius 3 is 2.39 bits per heavy atom. The lowest BCUT2D eigenvalue weighted by Gasteiger charge is -2.26. The van der Waals surface area contributed by atoms with Crippen LogP contribution in [0.15, 0.2) is 72.0 Å². The number of hydrogen-bond acceptors (Lipinski definition) is 4. The zero-order chi connectivity index (χ0) is 23.2. The summed E-state index contributed by atoms with van der Waals surface area (Å²) in [7, 11) is 0. The van der Waals surface area contributed by atoms with Crippen LogP contribution in [0.25, 0.3) is 27.9 Å². The molecule has 0 amide bonds. The Bertz CT molecular complexity index is 1180. The van der Waals surface area contributed by atoms with E-state index in [1.54, 1.807) is 6.26 Å². The maximum Gasteiger partial charge on any atom is 0.190 e. The van der Waals surface area contributed by atoms with Crippen LogP contribution in [0, 0.1) is 0 Å². The van der Waals surface area contributed by atoms with Crippen LogP contribution in [0.2, 0.25) is 0 Å². The third-order valence-corrected chi connectivity index (χ3v) is 6.92. The van der Waals surface area contributed by atoms with Gasteiger partial charge in [0.2, 0.25) is 0 Å². The molecule has 5 rings (SSSR count). The predicted octanol–water partition coefficient (Wildman–Crippen LogP) is 6.16. The lowest BCUT2D eigenvalue weighted by atomic mass is 10.1. The number of aromatic nitrogens is 3. The van der Waals surface area contributed by atoms with E-state index >= 15 is 0 Å². The van der Waals surface area contributed by atoms with Crippen molar-refractivity contribution in [3.05, 3.63) is 72.7 Å². The Balaban J connectivity index is 0.00000126. The summed E-state index contributed by atoms with van der Waals surface area (Å²) in [5, 5.41) is 4.54. The summed E-state index contributed by atoms with van der Waals surface area (Å²) in [6.45, 7) is 7.46. The molecule has 0 saturated carbocycles. The Hall–Kier alpha value is -2.67. The number of piperidine rings is 1. The van der Waals surface area contributed by atoms with Gasteiger partial charge in [0, 0.05) is 36.1 Å². The topological polar surface area (TPSA) is 53.7 Å². The molecule has 0 bridgehead atoms. The molecule has 33 heavy (non-hydrogen) atoms. The molecule has 172 valence electrons. The molecule has 1 fully saturated rings. The molecule has 0 radical (unpaired) electrons. The first-order valence-electron chi connectivity index (χ1n) is 11.8. The fourth-order valence-electron chi connectivity index (χ4n) is 4.25. The van der Waals surface area contributed by atoms with Crippen LogP contribution in [-0.4, -0.2) is 43.4 Å². The molecule has 2 aromatic carbocycles. The highest BCUT2D eigenvalue weighted by molar-refractivity contribution is 7.90. The minimum Gasteiger partial charge on any atom is -0.299 e. The fraction of sp³-hybridized carbons (Fsp3) is 0.333. The molecule has 3 heterocycles. The predicted molar refractivity (Wildman–Crippen MR) is 139 cm³/mol. The van der Waals surface area contributed by atoms with E-state index in [2.05, 4.69) is 34.3 Å². The van der Waals surface area contributed by atoms with Crippen molar-refractivity contribution in [1.29, 1.82) is 0 Å². The van der Waals surface area contributed by atoms with E-state index in [-0.39, 0.29) is 0 Å². The molecule has 1 N–H and O–H groups in total. The van der Waals surface area contributed by atoms with E-state index in [0.717, 1.165) is 39.3 Å². The Kier molecular flexibility index (Phi) is 7.81. The van der Waals surface area contributed by atoms with Crippen molar-refractivity contribution in [2.75, 3.05) is 19.3 Å². The summed E-state index contributed by atoms with van der Waals surface area (Å²) < 4.78 is 11.8. The molecule has 5 nitrogen and oxygen atoms in total. The molecular weight excluding hydrogens is 428 g/mol. The third kappa shape index (κ3) is 5.46. The molecule has 2 aromatic heterocycles.